The molecule has 0 saturated carbocycles. The van der Waals surface area contributed by atoms with Crippen LogP contribution in [-0.4, -0.2) is 9.97 Å². The number of nitrogens with zero attached hydrogens (tertiary/aromatic N) is 2. The quantitative estimate of drug-likeness (QED) is 0.771. The van der Waals surface area contributed by atoms with Crippen molar-refractivity contribution in [3.63, 3.8) is 0 Å². The van der Waals surface area contributed by atoms with Crippen LogP contribution in [0.15, 0.2) is 24.3 Å². The smallest absolute Gasteiger partial charge is 0.139 e. The van der Waals surface area contributed by atoms with E-state index in [9.17, 15) is 0 Å². The normalized spacial score (nSPS) is 11.4. The lowest BCUT2D eigenvalue weighted by Crippen LogP contribution is -2.18. The number of nitrogens with two attached hydrogens (primary N) is 1. The topological polar surface area (TPSA) is 63.8 Å². The Labute approximate surface area is 133 Å². The molecule has 0 atom stereocenters. The van der Waals surface area contributed by atoms with E-state index in [1.807, 2.05) is 31.2 Å². The van der Waals surface area contributed by atoms with Crippen molar-refractivity contribution in [2.75, 3.05) is 11.1 Å². The number of benzene rings is 1. The van der Waals surface area contributed by atoms with Crippen molar-refractivity contribution < 1.29 is 0 Å². The van der Waals surface area contributed by atoms with Gasteiger partial charge in [0.05, 0.1) is 0 Å². The molecule has 106 valence electrons. The van der Waals surface area contributed by atoms with E-state index in [2.05, 4.69) is 58.6 Å². The predicted molar refractivity (Wildman–Crippen MR) is 92.3 cm³/mol. The Hall–Kier alpha value is -1.37. The van der Waals surface area contributed by atoms with Gasteiger partial charge in [0.15, 0.2) is 0 Å². The summed E-state index contributed by atoms with van der Waals surface area (Å²) in [6.45, 7) is 8.15. The third-order valence-electron chi connectivity index (χ3n) is 2.96. The van der Waals surface area contributed by atoms with Crippen LogP contribution in [0.3, 0.4) is 0 Å². The van der Waals surface area contributed by atoms with Crippen LogP contribution in [0.1, 0.15) is 32.2 Å². The average molecular weight is 382 g/mol. The van der Waals surface area contributed by atoms with Crippen LogP contribution in [0, 0.1) is 10.5 Å². The number of hydrogen-bond acceptors (Lipinski definition) is 4. The molecule has 2 rings (SSSR count). The Morgan fingerprint density at radius 1 is 1.10 bits per heavy atom. The lowest BCUT2D eigenvalue weighted by molar-refractivity contribution is 0.546. The lowest BCUT2D eigenvalue weighted by Gasteiger charge is -2.19. The summed E-state index contributed by atoms with van der Waals surface area (Å²) >= 11 is 2.28. The molecule has 0 aliphatic rings. The third kappa shape index (κ3) is 3.39. The molecule has 0 fully saturated rings. The highest BCUT2D eigenvalue weighted by molar-refractivity contribution is 14.1. The second-order valence-electron chi connectivity index (χ2n) is 5.79. The average Bonchev–Trinajstić information content (AvgIpc) is 2.36. The van der Waals surface area contributed by atoms with E-state index in [0.29, 0.717) is 5.82 Å². The van der Waals surface area contributed by atoms with Crippen LogP contribution in [-0.2, 0) is 5.41 Å². The maximum Gasteiger partial charge on any atom is 0.139 e. The summed E-state index contributed by atoms with van der Waals surface area (Å²) in [6, 6.07) is 8.15. The number of nitrogen functional groups attached to an aromatic ring is 1. The molecular formula is C15H19IN4. The summed E-state index contributed by atoms with van der Waals surface area (Å²) < 4.78 is 1.20. The molecule has 4 nitrogen and oxygen atoms in total. The molecule has 3 N–H and O–H groups in total. The van der Waals surface area contributed by atoms with Gasteiger partial charge in [-0.25, -0.2) is 9.97 Å². The maximum absolute atomic E-state index is 6.00. The summed E-state index contributed by atoms with van der Waals surface area (Å²) in [6.07, 6.45) is 0. The van der Waals surface area contributed by atoms with Gasteiger partial charge >= 0.3 is 0 Å². The standard InChI is InChI=1S/C15H19IN4/c1-9-12(17)19-14(15(2,3)4)20-13(9)18-11-7-5-10(16)6-8-11/h5-8H,1-4H3,(H3,17,18,19,20). The van der Waals surface area contributed by atoms with Crippen molar-refractivity contribution in [1.82, 2.24) is 9.97 Å². The summed E-state index contributed by atoms with van der Waals surface area (Å²) in [7, 11) is 0. The van der Waals surface area contributed by atoms with Gasteiger partial charge in [0, 0.05) is 20.2 Å². The van der Waals surface area contributed by atoms with Crippen LogP contribution in [0.2, 0.25) is 0 Å². The third-order valence-corrected chi connectivity index (χ3v) is 3.68. The van der Waals surface area contributed by atoms with Gasteiger partial charge in [-0.2, -0.15) is 0 Å². The van der Waals surface area contributed by atoms with Gasteiger partial charge in [0.1, 0.15) is 17.5 Å². The number of aromatic nitrogens is 2. The first-order valence-corrected chi connectivity index (χ1v) is 7.52. The molecule has 2 aromatic rings. The van der Waals surface area contributed by atoms with Gasteiger partial charge < -0.3 is 11.1 Å². The molecule has 1 heterocycles. The molecule has 0 radical (unpaired) electrons. The van der Waals surface area contributed by atoms with Gasteiger partial charge in [-0.3, -0.25) is 0 Å². The molecule has 5 heteroatoms. The Balaban J connectivity index is 2.40. The molecule has 1 aromatic heterocycles. The van der Waals surface area contributed by atoms with Crippen LogP contribution in [0.4, 0.5) is 17.3 Å². The van der Waals surface area contributed by atoms with Crippen LogP contribution in [0.5, 0.6) is 0 Å². The highest BCUT2D eigenvalue weighted by atomic mass is 127. The highest BCUT2D eigenvalue weighted by Crippen LogP contribution is 2.26. The van der Waals surface area contributed by atoms with Crippen LogP contribution < -0.4 is 11.1 Å². The first-order chi connectivity index (χ1) is 9.27. The Morgan fingerprint density at radius 3 is 2.25 bits per heavy atom. The van der Waals surface area contributed by atoms with E-state index in [-0.39, 0.29) is 5.41 Å². The number of halogens is 1. The minimum atomic E-state index is -0.135. The molecule has 0 aliphatic carbocycles. The maximum atomic E-state index is 6.00. The van der Waals surface area contributed by atoms with Gasteiger partial charge in [-0.1, -0.05) is 20.8 Å². The van der Waals surface area contributed by atoms with Crippen molar-refractivity contribution >= 4 is 39.9 Å². The number of hydrogen-bond donors (Lipinski definition) is 2. The van der Waals surface area contributed by atoms with Gasteiger partial charge in [0.2, 0.25) is 0 Å². The molecular weight excluding hydrogens is 363 g/mol. The SMILES string of the molecule is Cc1c(N)nc(C(C)(C)C)nc1Nc1ccc(I)cc1. The number of anilines is 3. The summed E-state index contributed by atoms with van der Waals surface area (Å²) in [5, 5.41) is 3.32. The van der Waals surface area contributed by atoms with E-state index in [1.165, 1.54) is 3.57 Å². The van der Waals surface area contributed by atoms with Crippen LogP contribution >= 0.6 is 22.6 Å². The predicted octanol–water partition coefficient (Wildman–Crippen LogP) is 4.01. The molecule has 0 saturated heterocycles. The fourth-order valence-corrected chi connectivity index (χ4v) is 2.02. The zero-order valence-corrected chi connectivity index (χ0v) is 14.3. The molecule has 0 aliphatic heterocycles. The largest absolute Gasteiger partial charge is 0.383 e. The zero-order chi connectivity index (χ0) is 14.9. The molecule has 0 amide bonds. The highest BCUT2D eigenvalue weighted by Gasteiger charge is 2.20. The van der Waals surface area contributed by atoms with Crippen molar-refractivity contribution in [3.8, 4) is 0 Å². The fraction of sp³-hybridized carbons (Fsp3) is 0.333. The van der Waals surface area contributed by atoms with Crippen molar-refractivity contribution in [1.29, 1.82) is 0 Å². The number of nitrogens with one attached hydrogen (secondary N) is 1. The second kappa shape index (κ2) is 5.55. The summed E-state index contributed by atoms with van der Waals surface area (Å²) in [4.78, 5) is 9.00. The monoisotopic (exact) mass is 382 g/mol. The molecule has 0 unspecified atom stereocenters. The van der Waals surface area contributed by atoms with Crippen molar-refractivity contribution in [3.05, 3.63) is 39.2 Å². The molecule has 0 bridgehead atoms. The second-order valence-corrected chi connectivity index (χ2v) is 7.03. The van der Waals surface area contributed by atoms with E-state index >= 15 is 0 Å². The van der Waals surface area contributed by atoms with E-state index in [1.54, 1.807) is 0 Å². The molecule has 20 heavy (non-hydrogen) atoms. The van der Waals surface area contributed by atoms with Gasteiger partial charge in [-0.05, 0) is 53.8 Å². The Morgan fingerprint density at radius 2 is 1.70 bits per heavy atom. The van der Waals surface area contributed by atoms with Crippen molar-refractivity contribution in [2.45, 2.75) is 33.1 Å². The summed E-state index contributed by atoms with van der Waals surface area (Å²) in [5.74, 6) is 2.04. The van der Waals surface area contributed by atoms with E-state index in [4.69, 9.17) is 5.73 Å². The minimum Gasteiger partial charge on any atom is -0.383 e. The lowest BCUT2D eigenvalue weighted by atomic mass is 9.95. The van der Waals surface area contributed by atoms with E-state index in [0.717, 1.165) is 22.9 Å². The Kier molecular flexibility index (Phi) is 4.17. The van der Waals surface area contributed by atoms with Gasteiger partial charge in [-0.15, -0.1) is 0 Å². The minimum absolute atomic E-state index is 0.135. The van der Waals surface area contributed by atoms with E-state index < -0.39 is 0 Å². The number of rotatable bonds is 2. The first kappa shape index (κ1) is 15.0. The van der Waals surface area contributed by atoms with Crippen LogP contribution in [0.25, 0.3) is 0 Å². The molecule has 1 aromatic carbocycles. The molecule has 0 spiro atoms. The summed E-state index contributed by atoms with van der Waals surface area (Å²) in [5.41, 5.74) is 7.73. The first-order valence-electron chi connectivity index (χ1n) is 6.44. The zero-order valence-electron chi connectivity index (χ0n) is 12.2. The van der Waals surface area contributed by atoms with Gasteiger partial charge in [0.25, 0.3) is 0 Å². The van der Waals surface area contributed by atoms with Crippen molar-refractivity contribution in [2.24, 2.45) is 0 Å². The fourth-order valence-electron chi connectivity index (χ4n) is 1.66. The Bertz CT molecular complexity index is 615.